The van der Waals surface area contributed by atoms with Crippen molar-refractivity contribution in [1.82, 2.24) is 9.29 Å². The molecule has 0 amide bonds. The maximum absolute atomic E-state index is 12.2. The highest BCUT2D eigenvalue weighted by Crippen LogP contribution is 2.17. The third kappa shape index (κ3) is 3.52. The van der Waals surface area contributed by atoms with Crippen LogP contribution in [0.2, 0.25) is 0 Å². The summed E-state index contributed by atoms with van der Waals surface area (Å²) in [5, 5.41) is 10.7. The van der Waals surface area contributed by atoms with Crippen LogP contribution in [0.1, 0.15) is 11.4 Å². The first-order chi connectivity index (χ1) is 10.3. The normalized spacial score (nSPS) is 11.5. The Morgan fingerprint density at radius 3 is 2.41 bits per heavy atom. The second-order valence-corrected chi connectivity index (χ2v) is 6.69. The molecular formula is C14H17N3O4S. The molecule has 0 saturated carbocycles. The van der Waals surface area contributed by atoms with E-state index in [4.69, 9.17) is 0 Å². The molecule has 1 heterocycles. The number of nitrogens with one attached hydrogen (secondary N) is 1. The van der Waals surface area contributed by atoms with Crippen LogP contribution < -0.4 is 4.72 Å². The van der Waals surface area contributed by atoms with Crippen LogP contribution in [-0.4, -0.2) is 24.5 Å². The highest BCUT2D eigenvalue weighted by atomic mass is 32.2. The lowest BCUT2D eigenvalue weighted by atomic mass is 10.3. The summed E-state index contributed by atoms with van der Waals surface area (Å²) >= 11 is 0. The van der Waals surface area contributed by atoms with Gasteiger partial charge in [-0.15, -0.1) is 0 Å². The first-order valence-corrected chi connectivity index (χ1v) is 8.16. The van der Waals surface area contributed by atoms with Crippen LogP contribution in [-0.2, 0) is 16.6 Å². The first-order valence-electron chi connectivity index (χ1n) is 6.68. The summed E-state index contributed by atoms with van der Waals surface area (Å²) in [6.07, 6.45) is 0. The number of nitrogens with zero attached hydrogens (tertiary/aromatic N) is 2. The molecule has 0 bridgehead atoms. The van der Waals surface area contributed by atoms with E-state index in [2.05, 4.69) is 4.72 Å². The third-order valence-corrected chi connectivity index (χ3v) is 4.84. The molecule has 0 spiro atoms. The zero-order valence-electron chi connectivity index (χ0n) is 12.3. The van der Waals surface area contributed by atoms with E-state index >= 15 is 0 Å². The van der Waals surface area contributed by atoms with Gasteiger partial charge in [-0.05, 0) is 32.0 Å². The molecule has 1 aromatic heterocycles. The van der Waals surface area contributed by atoms with Gasteiger partial charge in [-0.1, -0.05) is 6.07 Å². The van der Waals surface area contributed by atoms with Gasteiger partial charge in [0, 0.05) is 36.6 Å². The summed E-state index contributed by atoms with van der Waals surface area (Å²) in [7, 11) is -3.76. The Morgan fingerprint density at radius 2 is 1.82 bits per heavy atom. The van der Waals surface area contributed by atoms with Gasteiger partial charge in [0.25, 0.3) is 5.69 Å². The van der Waals surface area contributed by atoms with Gasteiger partial charge >= 0.3 is 0 Å². The average molecular weight is 323 g/mol. The fourth-order valence-corrected chi connectivity index (χ4v) is 3.25. The molecule has 0 saturated heterocycles. The molecule has 0 aliphatic rings. The van der Waals surface area contributed by atoms with Crippen molar-refractivity contribution >= 4 is 15.7 Å². The number of rotatable bonds is 6. The number of hydrogen-bond acceptors (Lipinski definition) is 4. The van der Waals surface area contributed by atoms with Gasteiger partial charge in [0.2, 0.25) is 10.0 Å². The maximum atomic E-state index is 12.2. The molecule has 0 aliphatic carbocycles. The second-order valence-electron chi connectivity index (χ2n) is 4.92. The van der Waals surface area contributed by atoms with Crippen molar-refractivity contribution < 1.29 is 13.3 Å². The number of sulfonamides is 1. The number of nitro groups is 1. The highest BCUT2D eigenvalue weighted by Gasteiger charge is 2.17. The Bertz CT molecular complexity index is 777. The summed E-state index contributed by atoms with van der Waals surface area (Å²) in [4.78, 5) is 9.98. The van der Waals surface area contributed by atoms with Crippen LogP contribution in [0.5, 0.6) is 0 Å². The topological polar surface area (TPSA) is 94.2 Å². The lowest BCUT2D eigenvalue weighted by Crippen LogP contribution is -2.28. The average Bonchev–Trinajstić information content (AvgIpc) is 2.79. The van der Waals surface area contributed by atoms with Gasteiger partial charge < -0.3 is 4.57 Å². The monoisotopic (exact) mass is 323 g/mol. The lowest BCUT2D eigenvalue weighted by Gasteiger charge is -2.11. The number of hydrogen-bond donors (Lipinski definition) is 1. The molecule has 118 valence electrons. The van der Waals surface area contributed by atoms with Crippen molar-refractivity contribution in [3.8, 4) is 0 Å². The molecular weight excluding hydrogens is 306 g/mol. The molecule has 22 heavy (non-hydrogen) atoms. The summed E-state index contributed by atoms with van der Waals surface area (Å²) < 4.78 is 28.8. The lowest BCUT2D eigenvalue weighted by molar-refractivity contribution is -0.385. The minimum atomic E-state index is -3.76. The highest BCUT2D eigenvalue weighted by molar-refractivity contribution is 7.89. The molecule has 0 atom stereocenters. The smallest absolute Gasteiger partial charge is 0.270 e. The van der Waals surface area contributed by atoms with E-state index in [-0.39, 0.29) is 17.1 Å². The molecule has 0 unspecified atom stereocenters. The number of benzene rings is 1. The van der Waals surface area contributed by atoms with E-state index in [9.17, 15) is 18.5 Å². The van der Waals surface area contributed by atoms with Crippen molar-refractivity contribution in [2.45, 2.75) is 25.3 Å². The summed E-state index contributed by atoms with van der Waals surface area (Å²) in [6.45, 7) is 4.60. The van der Waals surface area contributed by atoms with Gasteiger partial charge in [-0.2, -0.15) is 0 Å². The van der Waals surface area contributed by atoms with Crippen molar-refractivity contribution in [2.75, 3.05) is 6.54 Å². The molecule has 8 heteroatoms. The van der Waals surface area contributed by atoms with E-state index in [1.165, 1.54) is 18.2 Å². The van der Waals surface area contributed by atoms with Crippen molar-refractivity contribution in [3.05, 3.63) is 57.9 Å². The summed E-state index contributed by atoms with van der Waals surface area (Å²) in [5.41, 5.74) is 1.85. The predicted molar refractivity (Wildman–Crippen MR) is 82.2 cm³/mol. The van der Waals surface area contributed by atoms with Gasteiger partial charge in [-0.3, -0.25) is 10.1 Å². The number of non-ortho nitro benzene ring substituents is 1. The Balaban J connectivity index is 2.08. The third-order valence-electron chi connectivity index (χ3n) is 3.38. The molecule has 0 fully saturated rings. The summed E-state index contributed by atoms with van der Waals surface area (Å²) in [5.74, 6) is 0. The van der Waals surface area contributed by atoms with E-state index < -0.39 is 14.9 Å². The quantitative estimate of drug-likeness (QED) is 0.649. The van der Waals surface area contributed by atoms with E-state index in [0.717, 1.165) is 17.5 Å². The Morgan fingerprint density at radius 1 is 1.18 bits per heavy atom. The molecule has 0 radical (unpaired) electrons. The maximum Gasteiger partial charge on any atom is 0.270 e. The van der Waals surface area contributed by atoms with Crippen molar-refractivity contribution in [2.24, 2.45) is 0 Å². The Kier molecular flexibility index (Phi) is 4.62. The van der Waals surface area contributed by atoms with Crippen molar-refractivity contribution in [1.29, 1.82) is 0 Å². The molecule has 1 aromatic carbocycles. The molecule has 7 nitrogen and oxygen atoms in total. The predicted octanol–water partition coefficient (Wildman–Crippen LogP) is 1.99. The largest absolute Gasteiger partial charge is 0.348 e. The molecule has 2 aromatic rings. The minimum Gasteiger partial charge on any atom is -0.348 e. The molecule has 2 rings (SSSR count). The van der Waals surface area contributed by atoms with E-state index in [0.29, 0.717) is 6.54 Å². The SMILES string of the molecule is Cc1ccc(C)n1CCNS(=O)(=O)c1cccc([N+](=O)[O-])c1. The fraction of sp³-hybridized carbons (Fsp3) is 0.286. The number of aryl methyl sites for hydroxylation is 2. The second kappa shape index (κ2) is 6.29. The van der Waals surface area contributed by atoms with Gasteiger partial charge in [0.15, 0.2) is 0 Å². The van der Waals surface area contributed by atoms with Crippen molar-refractivity contribution in [3.63, 3.8) is 0 Å². The van der Waals surface area contributed by atoms with Crippen LogP contribution in [0, 0.1) is 24.0 Å². The number of aromatic nitrogens is 1. The zero-order chi connectivity index (χ0) is 16.3. The minimum absolute atomic E-state index is 0.109. The van der Waals surface area contributed by atoms with Gasteiger partial charge in [0.05, 0.1) is 9.82 Å². The zero-order valence-corrected chi connectivity index (χ0v) is 13.1. The Labute approximate surface area is 128 Å². The fourth-order valence-electron chi connectivity index (χ4n) is 2.19. The molecule has 0 aliphatic heterocycles. The molecule has 1 N–H and O–H groups in total. The van der Waals surface area contributed by atoms with Crippen LogP contribution in [0.4, 0.5) is 5.69 Å². The van der Waals surface area contributed by atoms with Crippen LogP contribution in [0.15, 0.2) is 41.3 Å². The first kappa shape index (κ1) is 16.2. The van der Waals surface area contributed by atoms with Crippen LogP contribution >= 0.6 is 0 Å². The van der Waals surface area contributed by atoms with Gasteiger partial charge in [-0.25, -0.2) is 13.1 Å². The Hall–Kier alpha value is -2.19. The number of nitro benzene ring substituents is 1. The van der Waals surface area contributed by atoms with Gasteiger partial charge in [0.1, 0.15) is 0 Å². The van der Waals surface area contributed by atoms with E-state index in [1.807, 2.05) is 30.5 Å². The van der Waals surface area contributed by atoms with Crippen LogP contribution in [0.3, 0.4) is 0 Å². The van der Waals surface area contributed by atoms with Crippen LogP contribution in [0.25, 0.3) is 0 Å². The standard InChI is InChI=1S/C14H17N3O4S/c1-11-6-7-12(2)16(11)9-8-15-22(20,21)14-5-3-4-13(10-14)17(18)19/h3-7,10,15H,8-9H2,1-2H3. The summed E-state index contributed by atoms with van der Waals surface area (Å²) in [6, 6.07) is 8.92. The van der Waals surface area contributed by atoms with E-state index in [1.54, 1.807) is 0 Å².